The highest BCUT2D eigenvalue weighted by Crippen LogP contribution is 2.36. The quantitative estimate of drug-likeness (QED) is 0.341. The van der Waals surface area contributed by atoms with E-state index in [9.17, 15) is 4.79 Å². The number of nitrogens with two attached hydrogens (primary N) is 1. The molecule has 0 aliphatic carbocycles. The number of carbonyl (C=O) groups excluding carboxylic acids is 1. The van der Waals surface area contributed by atoms with Crippen LogP contribution in [0.15, 0.2) is 30.6 Å². The van der Waals surface area contributed by atoms with E-state index in [1.807, 2.05) is 36.9 Å². The van der Waals surface area contributed by atoms with Crippen molar-refractivity contribution in [1.82, 2.24) is 29.6 Å². The van der Waals surface area contributed by atoms with Crippen LogP contribution in [0.2, 0.25) is 0 Å². The van der Waals surface area contributed by atoms with Crippen molar-refractivity contribution >= 4 is 39.8 Å². The number of ether oxygens (including phenoxy) is 2. The van der Waals surface area contributed by atoms with E-state index in [0.717, 1.165) is 45.5 Å². The zero-order valence-corrected chi connectivity index (χ0v) is 22.2. The second-order valence-electron chi connectivity index (χ2n) is 9.88. The zero-order chi connectivity index (χ0) is 27.1. The molecule has 0 unspecified atom stereocenters. The molecule has 1 atom stereocenters. The van der Waals surface area contributed by atoms with Gasteiger partial charge >= 0.3 is 0 Å². The number of nitrogens with zero attached hydrogens (tertiary/aromatic N) is 6. The number of nitrogen functional groups attached to an aromatic ring is 1. The van der Waals surface area contributed by atoms with E-state index in [1.54, 1.807) is 24.2 Å². The summed E-state index contributed by atoms with van der Waals surface area (Å²) in [6.45, 7) is 6.64. The van der Waals surface area contributed by atoms with Gasteiger partial charge in [-0.3, -0.25) is 9.48 Å². The van der Waals surface area contributed by atoms with E-state index in [0.29, 0.717) is 49.5 Å². The van der Waals surface area contributed by atoms with Gasteiger partial charge in [-0.15, -0.1) is 0 Å². The van der Waals surface area contributed by atoms with Crippen LogP contribution >= 0.6 is 0 Å². The van der Waals surface area contributed by atoms with Gasteiger partial charge < -0.3 is 30.7 Å². The third-order valence-electron chi connectivity index (χ3n) is 7.24. The Kier molecular flexibility index (Phi) is 6.39. The Balaban J connectivity index is 1.26. The molecule has 12 nitrogen and oxygen atoms in total. The minimum Gasteiger partial charge on any atom is -0.474 e. The van der Waals surface area contributed by atoms with Gasteiger partial charge in [0.2, 0.25) is 11.8 Å². The molecule has 1 amide bonds. The van der Waals surface area contributed by atoms with Crippen LogP contribution in [0.25, 0.3) is 22.0 Å². The smallest absolute Gasteiger partial charge is 0.244 e. The standard InChI is InChI=1S/C27H31N9O3/c1-15(14-38-3)35-6-4-18-10-23(34-36(18)13-24(35)37)33-22-9-17-8-21(32-26(28)20(17)12-30-22)19-11-31-27-25(16(19)2)29-5-7-39-27/h8-12,15,29H,4-7,13-14H2,1-3H3,(H2,28,32)(H,30,33,34)/t15-/m0/s1. The van der Waals surface area contributed by atoms with Crippen LogP contribution in [0.1, 0.15) is 18.2 Å². The van der Waals surface area contributed by atoms with E-state index in [2.05, 4.69) is 30.7 Å². The number of carbonyl (C=O) groups is 1. The Morgan fingerprint density at radius 2 is 2.10 bits per heavy atom. The summed E-state index contributed by atoms with van der Waals surface area (Å²) < 4.78 is 12.7. The molecule has 2 aliphatic rings. The fourth-order valence-electron chi connectivity index (χ4n) is 5.22. The van der Waals surface area contributed by atoms with Gasteiger partial charge in [-0.05, 0) is 36.9 Å². The topological polar surface area (TPSA) is 145 Å². The lowest BCUT2D eigenvalue weighted by Gasteiger charge is -2.27. The maximum Gasteiger partial charge on any atom is 0.244 e. The number of amides is 1. The largest absolute Gasteiger partial charge is 0.474 e. The summed E-state index contributed by atoms with van der Waals surface area (Å²) in [4.78, 5) is 28.3. The predicted octanol–water partition coefficient (Wildman–Crippen LogP) is 2.75. The molecule has 0 bridgehead atoms. The number of methoxy groups -OCH3 is 1. The summed E-state index contributed by atoms with van der Waals surface area (Å²) >= 11 is 0. The molecule has 6 heterocycles. The number of anilines is 4. The number of fused-ring (bicyclic) bond motifs is 3. The second kappa shape index (κ2) is 10.0. The van der Waals surface area contributed by atoms with Gasteiger partial charge in [0, 0.05) is 61.7 Å². The maximum absolute atomic E-state index is 12.8. The lowest BCUT2D eigenvalue weighted by Crippen LogP contribution is -2.42. The van der Waals surface area contributed by atoms with Crippen LogP contribution in [0.5, 0.6) is 5.88 Å². The maximum atomic E-state index is 12.8. The van der Waals surface area contributed by atoms with E-state index in [4.69, 9.17) is 15.2 Å². The van der Waals surface area contributed by atoms with Gasteiger partial charge in [-0.2, -0.15) is 5.10 Å². The van der Waals surface area contributed by atoms with Crippen molar-refractivity contribution in [2.45, 2.75) is 32.9 Å². The van der Waals surface area contributed by atoms with Crippen LogP contribution in [0.3, 0.4) is 0 Å². The monoisotopic (exact) mass is 529 g/mol. The molecule has 202 valence electrons. The summed E-state index contributed by atoms with van der Waals surface area (Å²) in [5, 5.41) is 12.9. The Morgan fingerprint density at radius 1 is 1.23 bits per heavy atom. The molecule has 4 N–H and O–H groups in total. The van der Waals surface area contributed by atoms with E-state index >= 15 is 0 Å². The molecule has 0 saturated carbocycles. The summed E-state index contributed by atoms with van der Waals surface area (Å²) in [5.74, 6) is 2.27. The number of aromatic nitrogens is 5. The number of hydrogen-bond acceptors (Lipinski definition) is 10. The SMILES string of the molecule is COC[C@H](C)N1CCc2cc(Nc3cc4cc(-c5cnc6c(c5C)NCCO6)nc(N)c4cn3)nn2CC1=O. The van der Waals surface area contributed by atoms with Crippen LogP contribution in [-0.2, 0) is 22.5 Å². The van der Waals surface area contributed by atoms with Crippen LogP contribution in [-0.4, -0.2) is 75.0 Å². The number of nitrogens with one attached hydrogen (secondary N) is 2. The van der Waals surface area contributed by atoms with E-state index in [-0.39, 0.29) is 18.5 Å². The summed E-state index contributed by atoms with van der Waals surface area (Å²) in [6.07, 6.45) is 4.18. The molecule has 0 fully saturated rings. The number of rotatable bonds is 6. The van der Waals surface area contributed by atoms with Gasteiger partial charge in [0.1, 0.15) is 30.5 Å². The molecule has 0 saturated heterocycles. The zero-order valence-electron chi connectivity index (χ0n) is 22.2. The van der Waals surface area contributed by atoms with Crippen molar-refractivity contribution in [3.63, 3.8) is 0 Å². The predicted molar refractivity (Wildman–Crippen MR) is 148 cm³/mol. The summed E-state index contributed by atoms with van der Waals surface area (Å²) in [6, 6.07) is 5.88. The average molecular weight is 530 g/mol. The third kappa shape index (κ3) is 4.67. The lowest BCUT2D eigenvalue weighted by atomic mass is 10.0. The molecular weight excluding hydrogens is 498 g/mol. The molecule has 2 aliphatic heterocycles. The minimum absolute atomic E-state index is 0.0174. The van der Waals surface area contributed by atoms with Gasteiger partial charge in [-0.25, -0.2) is 15.0 Å². The minimum atomic E-state index is 0.0174. The Hall–Kier alpha value is -4.45. The van der Waals surface area contributed by atoms with Crippen LogP contribution in [0.4, 0.5) is 23.1 Å². The van der Waals surface area contributed by atoms with Gasteiger partial charge in [0.25, 0.3) is 0 Å². The first kappa shape index (κ1) is 24.9. The molecule has 39 heavy (non-hydrogen) atoms. The highest BCUT2D eigenvalue weighted by atomic mass is 16.5. The molecule has 12 heteroatoms. The molecule has 4 aromatic rings. The Bertz CT molecular complexity index is 1570. The first-order valence-electron chi connectivity index (χ1n) is 13.0. The molecule has 0 radical (unpaired) electrons. The molecule has 4 aromatic heterocycles. The second-order valence-corrected chi connectivity index (χ2v) is 9.88. The average Bonchev–Trinajstić information content (AvgIpc) is 3.21. The molecular formula is C27H31N9O3. The summed E-state index contributed by atoms with van der Waals surface area (Å²) in [5.41, 5.74) is 10.8. The first-order chi connectivity index (χ1) is 18.9. The highest BCUT2D eigenvalue weighted by Gasteiger charge is 2.26. The van der Waals surface area contributed by atoms with Crippen molar-refractivity contribution in [3.8, 4) is 17.1 Å². The highest BCUT2D eigenvalue weighted by molar-refractivity contribution is 5.95. The van der Waals surface area contributed by atoms with Gasteiger partial charge in [-0.1, -0.05) is 0 Å². The van der Waals surface area contributed by atoms with Gasteiger partial charge in [0.15, 0.2) is 5.82 Å². The molecule has 0 aromatic carbocycles. The fraction of sp³-hybridized carbons (Fsp3) is 0.370. The van der Waals surface area contributed by atoms with Crippen molar-refractivity contribution in [2.24, 2.45) is 0 Å². The summed E-state index contributed by atoms with van der Waals surface area (Å²) in [7, 11) is 1.65. The molecule has 6 rings (SSSR count). The third-order valence-corrected chi connectivity index (χ3v) is 7.24. The number of pyridine rings is 3. The first-order valence-corrected chi connectivity index (χ1v) is 13.0. The van der Waals surface area contributed by atoms with Crippen molar-refractivity contribution in [1.29, 1.82) is 0 Å². The number of hydrogen-bond donors (Lipinski definition) is 3. The van der Waals surface area contributed by atoms with Gasteiger partial charge in [0.05, 0.1) is 18.3 Å². The van der Waals surface area contributed by atoms with Crippen molar-refractivity contribution < 1.29 is 14.3 Å². The van der Waals surface area contributed by atoms with Crippen molar-refractivity contribution in [2.75, 3.05) is 49.8 Å². The Labute approximate surface area is 225 Å². The van der Waals surface area contributed by atoms with Crippen molar-refractivity contribution in [3.05, 3.63) is 41.9 Å². The van der Waals surface area contributed by atoms with E-state index in [1.165, 1.54) is 0 Å². The molecule has 0 spiro atoms. The van der Waals surface area contributed by atoms with E-state index < -0.39 is 0 Å². The lowest BCUT2D eigenvalue weighted by molar-refractivity contribution is -0.134. The van der Waals surface area contributed by atoms with Crippen LogP contribution in [0, 0.1) is 6.92 Å². The normalized spacial score (nSPS) is 15.7. The Morgan fingerprint density at radius 3 is 2.95 bits per heavy atom. The fourth-order valence-corrected chi connectivity index (χ4v) is 5.22. The van der Waals surface area contributed by atoms with Crippen LogP contribution < -0.4 is 21.1 Å².